The molecule has 2 aromatic carbocycles. The minimum atomic E-state index is -0.171. The van der Waals surface area contributed by atoms with Crippen LogP contribution >= 0.6 is 0 Å². The summed E-state index contributed by atoms with van der Waals surface area (Å²) >= 11 is 0. The number of aromatic nitrogens is 2. The van der Waals surface area contributed by atoms with Crippen LogP contribution in [0.25, 0.3) is 11.3 Å². The maximum absolute atomic E-state index is 12.3. The zero-order chi connectivity index (χ0) is 33.2. The summed E-state index contributed by atoms with van der Waals surface area (Å²) in [5, 5.41) is 7.99. The van der Waals surface area contributed by atoms with Crippen molar-refractivity contribution < 1.29 is 4.39 Å². The fourth-order valence-corrected chi connectivity index (χ4v) is 3.68. The highest BCUT2D eigenvalue weighted by Gasteiger charge is 2.12. The van der Waals surface area contributed by atoms with Crippen LogP contribution in [0.15, 0.2) is 83.3 Å². The number of nitrogens with zero attached hydrogens (tertiary/aromatic N) is 2. The van der Waals surface area contributed by atoms with Crippen molar-refractivity contribution in [2.24, 2.45) is 5.73 Å². The lowest BCUT2D eigenvalue weighted by Gasteiger charge is -2.15. The van der Waals surface area contributed by atoms with Gasteiger partial charge in [0, 0.05) is 23.9 Å². The molecule has 240 valence electrons. The van der Waals surface area contributed by atoms with Gasteiger partial charge < -0.3 is 11.1 Å². The van der Waals surface area contributed by atoms with Gasteiger partial charge >= 0.3 is 0 Å². The molecular formula is C37H59FN4O. The fraction of sp³-hybridized carbons (Fsp3) is 0.459. The summed E-state index contributed by atoms with van der Waals surface area (Å²) in [6, 6.07) is 17.5. The van der Waals surface area contributed by atoms with E-state index in [1.54, 1.807) is 24.3 Å². The van der Waals surface area contributed by atoms with Gasteiger partial charge in [0.1, 0.15) is 5.82 Å². The normalized spacial score (nSPS) is 10.1. The van der Waals surface area contributed by atoms with Gasteiger partial charge in [0.15, 0.2) is 0 Å². The molecule has 0 spiro atoms. The third-order valence-corrected chi connectivity index (χ3v) is 5.81. The highest BCUT2D eigenvalue weighted by atomic mass is 19.1. The summed E-state index contributed by atoms with van der Waals surface area (Å²) in [6.45, 7) is 23.7. The quantitative estimate of drug-likeness (QED) is 0.191. The molecule has 0 fully saturated rings. The molecule has 3 N–H and O–H groups in total. The number of halogens is 1. The van der Waals surface area contributed by atoms with E-state index in [0.717, 1.165) is 52.3 Å². The van der Waals surface area contributed by atoms with Crippen molar-refractivity contribution in [1.82, 2.24) is 15.1 Å². The highest BCUT2D eigenvalue weighted by molar-refractivity contribution is 5.77. The predicted molar refractivity (Wildman–Crippen MR) is 187 cm³/mol. The smallest absolute Gasteiger partial charge is 0.271 e. The third kappa shape index (κ3) is 17.9. The monoisotopic (exact) mass is 594 g/mol. The zero-order valence-electron chi connectivity index (χ0n) is 28.7. The molecule has 3 aromatic rings. The zero-order valence-corrected chi connectivity index (χ0v) is 28.7. The van der Waals surface area contributed by atoms with Gasteiger partial charge in [-0.05, 0) is 76.6 Å². The van der Waals surface area contributed by atoms with E-state index in [9.17, 15) is 9.18 Å². The van der Waals surface area contributed by atoms with Crippen LogP contribution in [0.3, 0.4) is 0 Å². The van der Waals surface area contributed by atoms with Crippen LogP contribution in [-0.2, 0) is 0 Å². The van der Waals surface area contributed by atoms with Crippen molar-refractivity contribution >= 4 is 5.57 Å². The summed E-state index contributed by atoms with van der Waals surface area (Å²) in [4.78, 5) is 12.3. The molecular weight excluding hydrogens is 535 g/mol. The second-order valence-corrected chi connectivity index (χ2v) is 10.2. The summed E-state index contributed by atoms with van der Waals surface area (Å²) in [7, 11) is 1.50. The van der Waals surface area contributed by atoms with Gasteiger partial charge in [0.05, 0.1) is 11.4 Å². The lowest BCUT2D eigenvalue weighted by Crippen LogP contribution is -2.23. The van der Waals surface area contributed by atoms with Gasteiger partial charge in [0.2, 0.25) is 0 Å². The number of hydrogen-bond donors (Lipinski definition) is 2. The predicted octanol–water partition coefficient (Wildman–Crippen LogP) is 9.56. The molecule has 0 bridgehead atoms. The van der Waals surface area contributed by atoms with E-state index >= 15 is 0 Å². The number of allylic oxidation sites excluding steroid dienone is 3. The van der Waals surface area contributed by atoms with E-state index in [0.29, 0.717) is 0 Å². The molecule has 0 aliphatic carbocycles. The van der Waals surface area contributed by atoms with E-state index in [-0.39, 0.29) is 11.4 Å². The number of nitrogens with two attached hydrogens (primary N) is 1. The first-order chi connectivity index (χ1) is 20.6. The Morgan fingerprint density at radius 2 is 1.40 bits per heavy atom. The van der Waals surface area contributed by atoms with Crippen molar-refractivity contribution in [3.05, 3.63) is 112 Å². The average Bonchev–Trinajstić information content (AvgIpc) is 3.00. The molecule has 3 rings (SSSR count). The molecule has 0 atom stereocenters. The Morgan fingerprint density at radius 3 is 1.84 bits per heavy atom. The summed E-state index contributed by atoms with van der Waals surface area (Å²) in [6.07, 6.45) is 7.83. The fourth-order valence-electron chi connectivity index (χ4n) is 3.68. The van der Waals surface area contributed by atoms with Gasteiger partial charge in [-0.25, -0.2) is 4.39 Å². The number of nitrogens with one attached hydrogen (secondary N) is 1. The number of unbranched alkanes of at least 4 members (excludes halogenated alkanes) is 3. The maximum atomic E-state index is 12.3. The van der Waals surface area contributed by atoms with Crippen molar-refractivity contribution in [3.8, 4) is 5.69 Å². The molecule has 0 radical (unpaired) electrons. The Bertz CT molecular complexity index is 1200. The van der Waals surface area contributed by atoms with Crippen molar-refractivity contribution in [3.63, 3.8) is 0 Å². The van der Waals surface area contributed by atoms with E-state index in [2.05, 4.69) is 57.3 Å². The molecule has 0 unspecified atom stereocenters. The van der Waals surface area contributed by atoms with Gasteiger partial charge in [-0.15, -0.1) is 0 Å². The second-order valence-electron chi connectivity index (χ2n) is 10.2. The molecule has 0 aliphatic heterocycles. The largest absolute Gasteiger partial charge is 0.388 e. The molecule has 1 aromatic heterocycles. The van der Waals surface area contributed by atoms with E-state index in [1.165, 1.54) is 56.0 Å². The molecule has 0 amide bonds. The van der Waals surface area contributed by atoms with Crippen LogP contribution in [0.1, 0.15) is 104 Å². The lowest BCUT2D eigenvalue weighted by molar-refractivity contribution is 0.627. The summed E-state index contributed by atoms with van der Waals surface area (Å²) in [5.41, 5.74) is 10.9. The number of para-hydroxylation sites is 1. The van der Waals surface area contributed by atoms with Crippen LogP contribution in [0.2, 0.25) is 0 Å². The van der Waals surface area contributed by atoms with Crippen molar-refractivity contribution in [2.45, 2.75) is 101 Å². The molecule has 0 aliphatic rings. The number of hydrogen-bond acceptors (Lipinski definition) is 4. The Hall–Kier alpha value is -3.51. The standard InChI is InChI=1S/C20H25N3O.C7H7F.C6H14.C3H8.CH5N/c1-6-13-21-16(5)20(14(2)3)17-11-12-19(24)23(22-17)18-10-8-7-9-15(18)4;1-6-2-4-7(8)5-3-6;1-3-5-6-4-2;1-3-2;1-2/h7-12,21H,2,6,13H2,1,3-5H3;2-5H,1H3;3-6H2,1-2H3;3H2,1-2H3;2H2,1H3/b20-16-;;;;. The molecule has 0 saturated heterocycles. The first-order valence-electron chi connectivity index (χ1n) is 15.6. The second kappa shape index (κ2) is 26.1. The van der Waals surface area contributed by atoms with Crippen LogP contribution in [-0.4, -0.2) is 23.4 Å². The number of aryl methyl sites for hydroxylation is 2. The molecule has 6 heteroatoms. The van der Waals surface area contributed by atoms with E-state index in [4.69, 9.17) is 0 Å². The summed E-state index contributed by atoms with van der Waals surface area (Å²) < 4.78 is 13.5. The van der Waals surface area contributed by atoms with Crippen LogP contribution in [0.4, 0.5) is 4.39 Å². The minimum absolute atomic E-state index is 0.145. The topological polar surface area (TPSA) is 72.9 Å². The van der Waals surface area contributed by atoms with Crippen LogP contribution in [0.5, 0.6) is 0 Å². The number of rotatable bonds is 9. The van der Waals surface area contributed by atoms with E-state index in [1.807, 2.05) is 52.0 Å². The maximum Gasteiger partial charge on any atom is 0.271 e. The Labute approximate surface area is 262 Å². The van der Waals surface area contributed by atoms with Gasteiger partial charge in [-0.3, -0.25) is 4.79 Å². The Balaban J connectivity index is 0. The molecule has 1 heterocycles. The highest BCUT2D eigenvalue weighted by Crippen LogP contribution is 2.22. The van der Waals surface area contributed by atoms with E-state index < -0.39 is 0 Å². The average molecular weight is 595 g/mol. The number of benzene rings is 2. The first kappa shape index (κ1) is 41.6. The van der Waals surface area contributed by atoms with Gasteiger partial charge in [0.25, 0.3) is 5.56 Å². The van der Waals surface area contributed by atoms with Crippen LogP contribution in [0, 0.1) is 19.7 Å². The lowest BCUT2D eigenvalue weighted by atomic mass is 10.0. The van der Waals surface area contributed by atoms with Crippen molar-refractivity contribution in [2.75, 3.05) is 13.6 Å². The van der Waals surface area contributed by atoms with Crippen LogP contribution < -0.4 is 16.6 Å². The Morgan fingerprint density at radius 1 is 0.860 bits per heavy atom. The minimum Gasteiger partial charge on any atom is -0.388 e. The van der Waals surface area contributed by atoms with Gasteiger partial charge in [-0.1, -0.05) is 109 Å². The third-order valence-electron chi connectivity index (χ3n) is 5.81. The van der Waals surface area contributed by atoms with Gasteiger partial charge in [-0.2, -0.15) is 9.78 Å². The van der Waals surface area contributed by atoms with Crippen molar-refractivity contribution in [1.29, 1.82) is 0 Å². The molecule has 5 nitrogen and oxygen atoms in total. The SMILES string of the molecule is C=C(C)/C(=C(\C)NCCC)c1ccc(=O)n(-c2ccccc2C)n1.CCC.CCCCCC.CN.Cc1ccc(F)cc1. The molecule has 0 saturated carbocycles. The first-order valence-corrected chi connectivity index (χ1v) is 15.6. The Kier molecular flexibility index (Phi) is 25.3. The molecule has 43 heavy (non-hydrogen) atoms. The summed E-state index contributed by atoms with van der Waals surface area (Å²) in [5.74, 6) is -0.171.